The number of hydrogen-bond acceptors (Lipinski definition) is 4. The van der Waals surface area contributed by atoms with E-state index >= 15 is 0 Å². The molecular weight excluding hydrogens is 454 g/mol. The fourth-order valence-corrected chi connectivity index (χ4v) is 3.86. The lowest BCUT2D eigenvalue weighted by molar-refractivity contribution is -0.140. The lowest BCUT2D eigenvalue weighted by Crippen LogP contribution is -2.48. The predicted molar refractivity (Wildman–Crippen MR) is 147 cm³/mol. The van der Waals surface area contributed by atoms with E-state index in [1.165, 1.54) is 0 Å². The average molecular weight is 502 g/mol. The van der Waals surface area contributed by atoms with E-state index in [0.717, 1.165) is 62.5 Å². The number of nitrogens with zero attached hydrogens (tertiary/aromatic N) is 1. The quantitative estimate of drug-likeness (QED) is 0.272. The molecule has 1 aromatic rings. The summed E-state index contributed by atoms with van der Waals surface area (Å²) < 4.78 is 5.28. The number of amides is 3. The van der Waals surface area contributed by atoms with Gasteiger partial charge in [-0.25, -0.2) is 4.79 Å². The Labute approximate surface area is 218 Å². The van der Waals surface area contributed by atoms with Gasteiger partial charge in [0.1, 0.15) is 18.2 Å². The first-order valence-electron chi connectivity index (χ1n) is 13.4. The number of hydrogen-bond donors (Lipinski definition) is 2. The number of carbonyl (C=O) groups is 3. The number of benzene rings is 1. The van der Waals surface area contributed by atoms with Gasteiger partial charge in [0.25, 0.3) is 0 Å². The molecule has 7 nitrogen and oxygen atoms in total. The highest BCUT2D eigenvalue weighted by Gasteiger charge is 2.31. The summed E-state index contributed by atoms with van der Waals surface area (Å²) in [7, 11) is 0. The summed E-state index contributed by atoms with van der Waals surface area (Å²) in [6, 6.07) is 6.73. The smallest absolute Gasteiger partial charge is 0.408 e. The van der Waals surface area contributed by atoms with Crippen molar-refractivity contribution in [2.45, 2.75) is 97.6 Å². The Hall–Kier alpha value is -2.83. The summed E-state index contributed by atoms with van der Waals surface area (Å²) in [5.74, 6) is -0.541. The minimum absolute atomic E-state index is 0.216. The number of unbranched alkanes of at least 4 members (excludes halogenated alkanes) is 6. The second-order valence-electron chi connectivity index (χ2n) is 10.1. The van der Waals surface area contributed by atoms with Gasteiger partial charge in [0.05, 0.1) is 0 Å². The van der Waals surface area contributed by atoms with Crippen LogP contribution >= 0.6 is 0 Å². The minimum Gasteiger partial charge on any atom is -0.444 e. The van der Waals surface area contributed by atoms with Crippen LogP contribution in [0.3, 0.4) is 0 Å². The van der Waals surface area contributed by atoms with Crippen molar-refractivity contribution >= 4 is 24.0 Å². The van der Waals surface area contributed by atoms with Gasteiger partial charge in [-0.15, -0.1) is 0 Å². The van der Waals surface area contributed by atoms with Gasteiger partial charge in [-0.1, -0.05) is 83.2 Å². The molecule has 0 aliphatic rings. The number of nitrogens with one attached hydrogen (secondary N) is 2. The molecule has 0 spiro atoms. The highest BCUT2D eigenvalue weighted by atomic mass is 16.6. The molecule has 0 bridgehead atoms. The molecule has 2 N–H and O–H groups in total. The Morgan fingerprint density at radius 1 is 1.00 bits per heavy atom. The molecule has 0 aromatic heterocycles. The number of ether oxygens (including phenoxy) is 1. The molecule has 0 saturated heterocycles. The number of carbonyl (C=O) groups excluding carboxylic acids is 3. The van der Waals surface area contributed by atoms with Crippen LogP contribution in [-0.2, 0) is 14.3 Å². The summed E-state index contributed by atoms with van der Waals surface area (Å²) in [4.78, 5) is 40.7. The van der Waals surface area contributed by atoms with Gasteiger partial charge in [-0.05, 0) is 50.8 Å². The number of alkyl carbamates (subject to hydrolysis) is 1. The molecule has 1 unspecified atom stereocenters. The summed E-state index contributed by atoms with van der Waals surface area (Å²) >= 11 is 0. The van der Waals surface area contributed by atoms with Gasteiger partial charge in [-0.3, -0.25) is 9.59 Å². The SMILES string of the molecule is C=Cc1cccc(C(C(=O)NCCCCC)N(CCCCCCC)C(=O)CNC(=O)OC(C)(C)C)c1. The summed E-state index contributed by atoms with van der Waals surface area (Å²) in [6.45, 7) is 14.1. The molecule has 1 atom stereocenters. The second kappa shape index (κ2) is 16.8. The van der Waals surface area contributed by atoms with Gasteiger partial charge in [0.15, 0.2) is 0 Å². The molecule has 0 aliphatic carbocycles. The van der Waals surface area contributed by atoms with E-state index < -0.39 is 17.7 Å². The Morgan fingerprint density at radius 2 is 1.67 bits per heavy atom. The molecule has 1 rings (SSSR count). The molecule has 202 valence electrons. The van der Waals surface area contributed by atoms with Crippen molar-refractivity contribution in [1.29, 1.82) is 0 Å². The van der Waals surface area contributed by atoms with E-state index in [0.29, 0.717) is 13.1 Å². The standard InChI is InChI=1S/C29H47N3O4/c1-7-10-12-13-15-20-32(25(33)22-31-28(35)36-29(4,5)6)26(27(34)30-19-14-11-8-2)24-18-16-17-23(9-3)21-24/h9,16-18,21,26H,3,7-8,10-15,19-20,22H2,1-2,4-6H3,(H,30,34)(H,31,35). The molecule has 0 fully saturated rings. The molecule has 0 heterocycles. The predicted octanol–water partition coefficient (Wildman–Crippen LogP) is 6.00. The molecular formula is C29H47N3O4. The second-order valence-corrected chi connectivity index (χ2v) is 10.1. The van der Waals surface area contributed by atoms with E-state index in [9.17, 15) is 14.4 Å². The lowest BCUT2D eigenvalue weighted by Gasteiger charge is -2.32. The van der Waals surface area contributed by atoms with E-state index in [4.69, 9.17) is 4.74 Å². The van der Waals surface area contributed by atoms with Crippen LogP contribution in [0.4, 0.5) is 4.79 Å². The van der Waals surface area contributed by atoms with E-state index in [2.05, 4.69) is 31.1 Å². The Kier molecular flexibility index (Phi) is 14.5. The summed E-state index contributed by atoms with van der Waals surface area (Å²) in [5.41, 5.74) is 0.927. The van der Waals surface area contributed by atoms with Gasteiger partial charge < -0.3 is 20.3 Å². The van der Waals surface area contributed by atoms with Crippen LogP contribution in [0.1, 0.15) is 103 Å². The van der Waals surface area contributed by atoms with Gasteiger partial charge in [0.2, 0.25) is 11.8 Å². The highest BCUT2D eigenvalue weighted by Crippen LogP contribution is 2.24. The largest absolute Gasteiger partial charge is 0.444 e. The highest BCUT2D eigenvalue weighted by molar-refractivity contribution is 5.90. The van der Waals surface area contributed by atoms with Gasteiger partial charge in [0, 0.05) is 13.1 Å². The zero-order chi connectivity index (χ0) is 27.0. The van der Waals surface area contributed by atoms with Gasteiger partial charge >= 0.3 is 6.09 Å². The molecule has 0 aliphatic heterocycles. The van der Waals surface area contributed by atoms with Crippen molar-refractivity contribution in [3.8, 4) is 0 Å². The molecule has 0 radical (unpaired) electrons. The van der Waals surface area contributed by atoms with Crippen LogP contribution in [0.25, 0.3) is 6.08 Å². The summed E-state index contributed by atoms with van der Waals surface area (Å²) in [6.07, 6.45) is 9.11. The first-order valence-corrected chi connectivity index (χ1v) is 13.4. The van der Waals surface area contributed by atoms with Crippen molar-refractivity contribution in [2.24, 2.45) is 0 Å². The molecule has 7 heteroatoms. The van der Waals surface area contributed by atoms with Crippen LogP contribution in [0.5, 0.6) is 0 Å². The molecule has 3 amide bonds. The third-order valence-electron chi connectivity index (χ3n) is 5.71. The third-order valence-corrected chi connectivity index (χ3v) is 5.71. The van der Waals surface area contributed by atoms with Crippen LogP contribution in [-0.4, -0.2) is 48.0 Å². The van der Waals surface area contributed by atoms with E-state index in [1.54, 1.807) is 31.7 Å². The lowest BCUT2D eigenvalue weighted by atomic mass is 10.0. The Balaban J connectivity index is 3.18. The van der Waals surface area contributed by atoms with Gasteiger partial charge in [-0.2, -0.15) is 0 Å². The number of rotatable bonds is 16. The van der Waals surface area contributed by atoms with Crippen LogP contribution in [0.2, 0.25) is 0 Å². The Bertz CT molecular complexity index is 832. The monoisotopic (exact) mass is 501 g/mol. The fraction of sp³-hybridized carbons (Fsp3) is 0.621. The van der Waals surface area contributed by atoms with Crippen molar-refractivity contribution in [1.82, 2.24) is 15.5 Å². The maximum atomic E-state index is 13.5. The average Bonchev–Trinajstić information content (AvgIpc) is 2.83. The normalized spacial score (nSPS) is 11.9. The van der Waals surface area contributed by atoms with Crippen LogP contribution in [0, 0.1) is 0 Å². The fourth-order valence-electron chi connectivity index (χ4n) is 3.86. The van der Waals surface area contributed by atoms with E-state index in [1.807, 2.05) is 24.3 Å². The zero-order valence-electron chi connectivity index (χ0n) is 23.0. The minimum atomic E-state index is -0.800. The van der Waals surface area contributed by atoms with Crippen molar-refractivity contribution < 1.29 is 19.1 Å². The zero-order valence-corrected chi connectivity index (χ0v) is 23.0. The molecule has 0 saturated carbocycles. The van der Waals surface area contributed by atoms with Crippen molar-refractivity contribution in [3.05, 3.63) is 42.0 Å². The Morgan fingerprint density at radius 3 is 2.31 bits per heavy atom. The summed E-state index contributed by atoms with van der Waals surface area (Å²) in [5, 5.41) is 5.58. The topological polar surface area (TPSA) is 87.7 Å². The van der Waals surface area contributed by atoms with Crippen molar-refractivity contribution in [3.63, 3.8) is 0 Å². The molecule has 1 aromatic carbocycles. The molecule has 36 heavy (non-hydrogen) atoms. The maximum Gasteiger partial charge on any atom is 0.408 e. The van der Waals surface area contributed by atoms with Crippen LogP contribution < -0.4 is 10.6 Å². The van der Waals surface area contributed by atoms with E-state index in [-0.39, 0.29) is 18.4 Å². The van der Waals surface area contributed by atoms with Crippen LogP contribution in [0.15, 0.2) is 30.8 Å². The maximum absolute atomic E-state index is 13.5. The first-order chi connectivity index (χ1) is 17.1. The van der Waals surface area contributed by atoms with Crippen molar-refractivity contribution in [2.75, 3.05) is 19.6 Å². The third kappa shape index (κ3) is 12.2. The first kappa shape index (κ1) is 31.2.